The summed E-state index contributed by atoms with van der Waals surface area (Å²) in [7, 11) is 0. The Morgan fingerprint density at radius 3 is 2.53 bits per heavy atom. The van der Waals surface area contributed by atoms with E-state index in [9.17, 15) is 4.79 Å². The largest absolute Gasteiger partial charge is 0.478 e. The molecule has 0 heterocycles. The molecule has 5 nitrogen and oxygen atoms in total. The van der Waals surface area contributed by atoms with E-state index in [1.54, 1.807) is 6.07 Å². The van der Waals surface area contributed by atoms with Crippen LogP contribution in [0.15, 0.2) is 12.1 Å². The molecule has 1 aromatic carbocycles. The number of nitrogens with two attached hydrogens (primary N) is 2. The average Bonchev–Trinajstić information content (AvgIpc) is 2.23. The van der Waals surface area contributed by atoms with E-state index in [-0.39, 0.29) is 11.3 Å². The van der Waals surface area contributed by atoms with E-state index in [1.165, 1.54) is 6.07 Å². The third kappa shape index (κ3) is 3.35. The van der Waals surface area contributed by atoms with Crippen LogP contribution in [0.4, 0.5) is 11.4 Å². The molecule has 0 aliphatic carbocycles. The molecule has 1 aromatic rings. The standard InChI is InChI=1S/C12H19N3O2/c1-7(2)15-6-5-8-3-4-9(12(16)17)11(14)10(8)13/h3-4,7,15H,5-6,13-14H2,1-2H3,(H,16,17). The van der Waals surface area contributed by atoms with E-state index in [1.807, 2.05) is 0 Å². The minimum absolute atomic E-state index is 0.0584. The number of benzene rings is 1. The zero-order valence-electron chi connectivity index (χ0n) is 10.2. The van der Waals surface area contributed by atoms with Crippen molar-refractivity contribution in [3.8, 4) is 0 Å². The third-order valence-electron chi connectivity index (χ3n) is 2.55. The van der Waals surface area contributed by atoms with Gasteiger partial charge >= 0.3 is 5.97 Å². The van der Waals surface area contributed by atoms with Crippen LogP contribution in [0.2, 0.25) is 0 Å². The normalized spacial score (nSPS) is 10.8. The highest BCUT2D eigenvalue weighted by Gasteiger charge is 2.12. The highest BCUT2D eigenvalue weighted by molar-refractivity contribution is 5.97. The molecular formula is C12H19N3O2. The van der Waals surface area contributed by atoms with Crippen LogP contribution in [0.5, 0.6) is 0 Å². The Labute approximate surface area is 101 Å². The Kier molecular flexibility index (Phi) is 4.34. The molecule has 0 fully saturated rings. The fourth-order valence-electron chi connectivity index (χ4n) is 1.58. The van der Waals surface area contributed by atoms with Crippen molar-refractivity contribution in [2.75, 3.05) is 18.0 Å². The average molecular weight is 237 g/mol. The Morgan fingerprint density at radius 2 is 2.00 bits per heavy atom. The molecule has 0 aliphatic heterocycles. The van der Waals surface area contributed by atoms with Crippen molar-refractivity contribution in [3.05, 3.63) is 23.3 Å². The van der Waals surface area contributed by atoms with Gasteiger partial charge in [0.1, 0.15) is 0 Å². The van der Waals surface area contributed by atoms with E-state index < -0.39 is 5.97 Å². The van der Waals surface area contributed by atoms with Crippen molar-refractivity contribution in [2.45, 2.75) is 26.3 Å². The Morgan fingerprint density at radius 1 is 1.35 bits per heavy atom. The van der Waals surface area contributed by atoms with E-state index in [0.29, 0.717) is 11.7 Å². The summed E-state index contributed by atoms with van der Waals surface area (Å²) in [5.41, 5.74) is 13.0. The first-order valence-corrected chi connectivity index (χ1v) is 5.57. The molecule has 0 unspecified atom stereocenters. The lowest BCUT2D eigenvalue weighted by atomic mass is 10.0. The SMILES string of the molecule is CC(C)NCCc1ccc(C(=O)O)c(N)c1N. The predicted molar refractivity (Wildman–Crippen MR) is 69.1 cm³/mol. The molecule has 0 aromatic heterocycles. The minimum atomic E-state index is -1.05. The van der Waals surface area contributed by atoms with Gasteiger partial charge in [0.15, 0.2) is 0 Å². The molecule has 1 rings (SSSR count). The summed E-state index contributed by atoms with van der Waals surface area (Å²) in [6, 6.07) is 3.63. The minimum Gasteiger partial charge on any atom is -0.478 e. The number of aromatic carboxylic acids is 1. The molecule has 0 radical (unpaired) electrons. The Hall–Kier alpha value is -1.75. The van der Waals surface area contributed by atoms with Crippen LogP contribution in [-0.2, 0) is 6.42 Å². The lowest BCUT2D eigenvalue weighted by molar-refractivity contribution is 0.0698. The second-order valence-electron chi connectivity index (χ2n) is 4.26. The van der Waals surface area contributed by atoms with Crippen molar-refractivity contribution < 1.29 is 9.90 Å². The molecule has 0 aliphatic rings. The van der Waals surface area contributed by atoms with Gasteiger partial charge in [-0.25, -0.2) is 4.79 Å². The van der Waals surface area contributed by atoms with Gasteiger partial charge in [0, 0.05) is 6.04 Å². The summed E-state index contributed by atoms with van der Waals surface area (Å²) < 4.78 is 0. The first-order valence-electron chi connectivity index (χ1n) is 5.57. The molecule has 0 amide bonds. The van der Waals surface area contributed by atoms with Crippen molar-refractivity contribution in [1.82, 2.24) is 5.32 Å². The van der Waals surface area contributed by atoms with Gasteiger partial charge in [-0.1, -0.05) is 19.9 Å². The summed E-state index contributed by atoms with van der Waals surface area (Å²) >= 11 is 0. The number of carbonyl (C=O) groups is 1. The van der Waals surface area contributed by atoms with E-state index in [4.69, 9.17) is 16.6 Å². The summed E-state index contributed by atoms with van der Waals surface area (Å²) in [6.45, 7) is 4.91. The molecular weight excluding hydrogens is 218 g/mol. The molecule has 17 heavy (non-hydrogen) atoms. The topological polar surface area (TPSA) is 101 Å². The van der Waals surface area contributed by atoms with E-state index in [0.717, 1.165) is 18.5 Å². The van der Waals surface area contributed by atoms with E-state index >= 15 is 0 Å². The summed E-state index contributed by atoms with van der Waals surface area (Å²) in [4.78, 5) is 10.8. The highest BCUT2D eigenvalue weighted by Crippen LogP contribution is 2.24. The molecule has 0 atom stereocenters. The van der Waals surface area contributed by atoms with Crippen molar-refractivity contribution in [2.24, 2.45) is 0 Å². The molecule has 0 saturated heterocycles. The van der Waals surface area contributed by atoms with Gasteiger partial charge in [-0.3, -0.25) is 0 Å². The molecule has 0 bridgehead atoms. The van der Waals surface area contributed by atoms with Crippen LogP contribution >= 0.6 is 0 Å². The molecule has 94 valence electrons. The van der Waals surface area contributed by atoms with Crippen molar-refractivity contribution >= 4 is 17.3 Å². The number of hydrogen-bond acceptors (Lipinski definition) is 4. The molecule has 0 saturated carbocycles. The number of anilines is 2. The number of carboxylic acid groups (broad SMARTS) is 1. The first-order chi connectivity index (χ1) is 7.93. The zero-order valence-corrected chi connectivity index (χ0v) is 10.2. The summed E-state index contributed by atoms with van der Waals surface area (Å²) in [6.07, 6.45) is 0.730. The molecule has 5 heteroatoms. The fraction of sp³-hybridized carbons (Fsp3) is 0.417. The smallest absolute Gasteiger partial charge is 0.337 e. The highest BCUT2D eigenvalue weighted by atomic mass is 16.4. The van der Waals surface area contributed by atoms with Crippen LogP contribution in [-0.4, -0.2) is 23.7 Å². The summed E-state index contributed by atoms with van der Waals surface area (Å²) in [5, 5.41) is 12.1. The van der Waals surface area contributed by atoms with Crippen LogP contribution in [0.1, 0.15) is 29.8 Å². The fourth-order valence-corrected chi connectivity index (χ4v) is 1.58. The summed E-state index contributed by atoms with van der Waals surface area (Å²) in [5.74, 6) is -1.05. The van der Waals surface area contributed by atoms with Gasteiger partial charge in [-0.2, -0.15) is 0 Å². The monoisotopic (exact) mass is 237 g/mol. The lowest BCUT2D eigenvalue weighted by Crippen LogP contribution is -2.25. The Bertz CT molecular complexity index is 416. The third-order valence-corrected chi connectivity index (χ3v) is 2.55. The zero-order chi connectivity index (χ0) is 13.0. The van der Waals surface area contributed by atoms with Gasteiger partial charge in [0.25, 0.3) is 0 Å². The second-order valence-corrected chi connectivity index (χ2v) is 4.26. The first kappa shape index (κ1) is 13.3. The number of nitrogens with one attached hydrogen (secondary N) is 1. The molecule has 6 N–H and O–H groups in total. The van der Waals surface area contributed by atoms with Gasteiger partial charge in [0.05, 0.1) is 16.9 Å². The number of carboxylic acids is 1. The lowest BCUT2D eigenvalue weighted by Gasteiger charge is -2.12. The number of nitrogen functional groups attached to an aromatic ring is 2. The predicted octanol–water partition coefficient (Wildman–Crippen LogP) is 1.09. The van der Waals surface area contributed by atoms with Gasteiger partial charge in [-0.05, 0) is 24.6 Å². The Balaban J connectivity index is 2.82. The quantitative estimate of drug-likeness (QED) is 0.574. The van der Waals surface area contributed by atoms with Gasteiger partial charge in [-0.15, -0.1) is 0 Å². The molecule has 0 spiro atoms. The van der Waals surface area contributed by atoms with Crippen molar-refractivity contribution in [1.29, 1.82) is 0 Å². The van der Waals surface area contributed by atoms with Crippen LogP contribution in [0.25, 0.3) is 0 Å². The maximum atomic E-state index is 10.8. The van der Waals surface area contributed by atoms with Crippen LogP contribution < -0.4 is 16.8 Å². The number of hydrogen-bond donors (Lipinski definition) is 4. The van der Waals surface area contributed by atoms with Crippen molar-refractivity contribution in [3.63, 3.8) is 0 Å². The second kappa shape index (κ2) is 5.54. The van der Waals surface area contributed by atoms with Gasteiger partial charge in [0.2, 0.25) is 0 Å². The van der Waals surface area contributed by atoms with Crippen LogP contribution in [0, 0.1) is 0 Å². The van der Waals surface area contributed by atoms with E-state index in [2.05, 4.69) is 19.2 Å². The van der Waals surface area contributed by atoms with Gasteiger partial charge < -0.3 is 21.9 Å². The van der Waals surface area contributed by atoms with Crippen LogP contribution in [0.3, 0.4) is 0 Å². The maximum absolute atomic E-state index is 10.8. The maximum Gasteiger partial charge on any atom is 0.337 e. The number of rotatable bonds is 5.